The summed E-state index contributed by atoms with van der Waals surface area (Å²) in [6.07, 6.45) is -0.977. The van der Waals surface area contributed by atoms with Crippen molar-refractivity contribution < 1.29 is 18.7 Å². The quantitative estimate of drug-likeness (QED) is 0.733. The van der Waals surface area contributed by atoms with E-state index in [4.69, 9.17) is 9.47 Å². The fourth-order valence-electron chi connectivity index (χ4n) is 2.23. The van der Waals surface area contributed by atoms with Crippen LogP contribution >= 0.6 is 0 Å². The number of benzene rings is 1. The molecule has 0 aliphatic rings. The number of esters is 1. The molecule has 0 amide bonds. The molecule has 0 radical (unpaired) electrons. The third-order valence-electron chi connectivity index (χ3n) is 3.57. The van der Waals surface area contributed by atoms with E-state index in [-0.39, 0.29) is 24.0 Å². The molecule has 0 aliphatic carbocycles. The van der Waals surface area contributed by atoms with Crippen LogP contribution in [0.25, 0.3) is 5.69 Å². The molecule has 0 spiro atoms. The highest BCUT2D eigenvalue weighted by Gasteiger charge is 2.22. The molecule has 2 rings (SSSR count). The van der Waals surface area contributed by atoms with E-state index in [2.05, 4.69) is 10.4 Å². The number of carbonyl (C=O) groups is 1. The topological polar surface area (TPSA) is 88.2 Å². The van der Waals surface area contributed by atoms with Crippen LogP contribution in [0.1, 0.15) is 39.2 Å². The van der Waals surface area contributed by atoms with E-state index in [1.807, 2.05) is 13.8 Å². The molecule has 0 bridgehead atoms. The third-order valence-corrected chi connectivity index (χ3v) is 3.57. The molecule has 1 atom stereocenters. The predicted molar refractivity (Wildman–Crippen MR) is 87.4 cm³/mol. The molecule has 25 heavy (non-hydrogen) atoms. The van der Waals surface area contributed by atoms with Crippen LogP contribution in [0.2, 0.25) is 0 Å². The van der Waals surface area contributed by atoms with E-state index in [1.165, 1.54) is 20.0 Å². The minimum Gasteiger partial charge on any atom is -0.477 e. The standard InChI is InChI=1S/C16H21FN4O4/c1-6-24-15(22)10(4)25-14-8-12(17)11(9(2)3)7-13(14)21-16(23)20(5)18-19-21/h7-10H,6H2,1-5H3. The zero-order chi connectivity index (χ0) is 18.7. The molecule has 9 heteroatoms. The van der Waals surface area contributed by atoms with Crippen molar-refractivity contribution in [3.05, 3.63) is 34.0 Å². The summed E-state index contributed by atoms with van der Waals surface area (Å²) in [4.78, 5) is 24.0. The Kier molecular flexibility index (Phi) is 5.55. The molecule has 0 aliphatic heterocycles. The Morgan fingerprint density at radius 2 is 1.96 bits per heavy atom. The molecule has 1 unspecified atom stereocenters. The minimum absolute atomic E-state index is 0.00468. The second-order valence-electron chi connectivity index (χ2n) is 5.81. The molecular weight excluding hydrogens is 331 g/mol. The number of nitrogens with zero attached hydrogens (tertiary/aromatic N) is 4. The first kappa shape index (κ1) is 18.6. The van der Waals surface area contributed by atoms with Crippen molar-refractivity contribution >= 4 is 5.97 Å². The highest BCUT2D eigenvalue weighted by molar-refractivity contribution is 5.74. The van der Waals surface area contributed by atoms with Gasteiger partial charge in [-0.3, -0.25) is 0 Å². The van der Waals surface area contributed by atoms with Gasteiger partial charge in [-0.1, -0.05) is 13.8 Å². The number of carbonyl (C=O) groups excluding carboxylic acids is 1. The molecule has 1 aromatic carbocycles. The van der Waals surface area contributed by atoms with Crippen molar-refractivity contribution in [2.24, 2.45) is 7.05 Å². The number of hydrogen-bond acceptors (Lipinski definition) is 6. The lowest BCUT2D eigenvalue weighted by molar-refractivity contribution is -0.150. The smallest absolute Gasteiger partial charge is 0.368 e. The molecular formula is C16H21FN4O4. The van der Waals surface area contributed by atoms with Crippen molar-refractivity contribution in [1.29, 1.82) is 0 Å². The van der Waals surface area contributed by atoms with Crippen LogP contribution in [0.5, 0.6) is 5.75 Å². The molecule has 0 saturated carbocycles. The molecule has 2 aromatic rings. The maximum atomic E-state index is 14.4. The normalized spacial score (nSPS) is 12.3. The fourth-order valence-corrected chi connectivity index (χ4v) is 2.23. The summed E-state index contributed by atoms with van der Waals surface area (Å²) >= 11 is 0. The number of tetrazole rings is 1. The van der Waals surface area contributed by atoms with Gasteiger partial charge in [0.1, 0.15) is 17.3 Å². The Balaban J connectivity index is 2.54. The molecule has 136 valence electrons. The molecule has 0 saturated heterocycles. The van der Waals surface area contributed by atoms with Gasteiger partial charge >= 0.3 is 11.7 Å². The number of aryl methyl sites for hydroxylation is 1. The molecule has 0 N–H and O–H groups in total. The van der Waals surface area contributed by atoms with E-state index in [0.29, 0.717) is 5.56 Å². The van der Waals surface area contributed by atoms with Gasteiger partial charge in [-0.2, -0.15) is 9.36 Å². The van der Waals surface area contributed by atoms with Crippen molar-refractivity contribution in [2.45, 2.75) is 39.7 Å². The van der Waals surface area contributed by atoms with Gasteiger partial charge in [-0.05, 0) is 41.8 Å². The second kappa shape index (κ2) is 7.45. The number of rotatable bonds is 6. The Bertz CT molecular complexity index is 828. The maximum Gasteiger partial charge on any atom is 0.368 e. The molecule has 8 nitrogen and oxygen atoms in total. The van der Waals surface area contributed by atoms with Crippen LogP contribution in [0.4, 0.5) is 4.39 Å². The summed E-state index contributed by atoms with van der Waals surface area (Å²) in [7, 11) is 1.44. The van der Waals surface area contributed by atoms with Crippen LogP contribution in [0, 0.1) is 5.82 Å². The van der Waals surface area contributed by atoms with Gasteiger partial charge < -0.3 is 9.47 Å². The largest absolute Gasteiger partial charge is 0.477 e. The summed E-state index contributed by atoms with van der Waals surface area (Å²) < 4.78 is 26.8. The average molecular weight is 352 g/mol. The number of ether oxygens (including phenoxy) is 2. The van der Waals surface area contributed by atoms with Gasteiger partial charge in [0.15, 0.2) is 6.10 Å². The summed E-state index contributed by atoms with van der Waals surface area (Å²) in [5.74, 6) is -1.21. The van der Waals surface area contributed by atoms with E-state index >= 15 is 0 Å². The summed E-state index contributed by atoms with van der Waals surface area (Å²) in [6.45, 7) is 7.00. The van der Waals surface area contributed by atoms with Gasteiger partial charge in [0.25, 0.3) is 0 Å². The maximum absolute atomic E-state index is 14.4. The Labute approximate surface area is 144 Å². The summed E-state index contributed by atoms with van der Waals surface area (Å²) in [5, 5.41) is 7.41. The fraction of sp³-hybridized carbons (Fsp3) is 0.500. The predicted octanol–water partition coefficient (Wildman–Crippen LogP) is 1.56. The summed E-state index contributed by atoms with van der Waals surface area (Å²) in [5.41, 5.74) is 0.0815. The van der Waals surface area contributed by atoms with Gasteiger partial charge in [0, 0.05) is 13.1 Å². The Hall–Kier alpha value is -2.71. The van der Waals surface area contributed by atoms with Gasteiger partial charge in [0.2, 0.25) is 0 Å². The number of aromatic nitrogens is 4. The van der Waals surface area contributed by atoms with Crippen molar-refractivity contribution in [3.63, 3.8) is 0 Å². The van der Waals surface area contributed by atoms with Crippen LogP contribution in [0.3, 0.4) is 0 Å². The average Bonchev–Trinajstić information content (AvgIpc) is 2.87. The minimum atomic E-state index is -0.977. The monoisotopic (exact) mass is 352 g/mol. The van der Waals surface area contributed by atoms with Crippen molar-refractivity contribution in [1.82, 2.24) is 19.8 Å². The van der Waals surface area contributed by atoms with Crippen LogP contribution in [-0.4, -0.2) is 38.5 Å². The van der Waals surface area contributed by atoms with E-state index in [9.17, 15) is 14.0 Å². The number of hydrogen-bond donors (Lipinski definition) is 0. The van der Waals surface area contributed by atoms with Crippen LogP contribution in [0.15, 0.2) is 16.9 Å². The zero-order valence-corrected chi connectivity index (χ0v) is 14.8. The van der Waals surface area contributed by atoms with Gasteiger partial charge in [-0.25, -0.2) is 14.0 Å². The molecule has 0 fully saturated rings. The lowest BCUT2D eigenvalue weighted by Crippen LogP contribution is -2.28. The lowest BCUT2D eigenvalue weighted by atomic mass is 10.0. The van der Waals surface area contributed by atoms with E-state index in [0.717, 1.165) is 15.4 Å². The first-order chi connectivity index (χ1) is 11.8. The highest BCUT2D eigenvalue weighted by atomic mass is 19.1. The van der Waals surface area contributed by atoms with Gasteiger partial charge in [0.05, 0.1) is 6.61 Å². The third kappa shape index (κ3) is 3.86. The molecule has 1 heterocycles. The highest BCUT2D eigenvalue weighted by Crippen LogP contribution is 2.30. The van der Waals surface area contributed by atoms with Gasteiger partial charge in [-0.15, -0.1) is 0 Å². The van der Waals surface area contributed by atoms with E-state index < -0.39 is 23.6 Å². The van der Waals surface area contributed by atoms with Crippen LogP contribution in [-0.2, 0) is 16.6 Å². The van der Waals surface area contributed by atoms with Crippen molar-refractivity contribution in [2.75, 3.05) is 6.61 Å². The number of halogens is 1. The Morgan fingerprint density at radius 3 is 2.48 bits per heavy atom. The molecule has 1 aromatic heterocycles. The Morgan fingerprint density at radius 1 is 1.28 bits per heavy atom. The SMILES string of the molecule is CCOC(=O)C(C)Oc1cc(F)c(C(C)C)cc1-n1nnn(C)c1=O. The first-order valence-electron chi connectivity index (χ1n) is 7.92. The first-order valence-corrected chi connectivity index (χ1v) is 7.92. The van der Waals surface area contributed by atoms with Crippen molar-refractivity contribution in [3.8, 4) is 11.4 Å². The summed E-state index contributed by atoms with van der Waals surface area (Å²) in [6, 6.07) is 2.62. The lowest BCUT2D eigenvalue weighted by Gasteiger charge is -2.18. The van der Waals surface area contributed by atoms with Crippen LogP contribution < -0.4 is 10.4 Å². The van der Waals surface area contributed by atoms with E-state index in [1.54, 1.807) is 6.92 Å². The second-order valence-corrected chi connectivity index (χ2v) is 5.81. The zero-order valence-electron chi connectivity index (χ0n) is 14.8.